The fourth-order valence-electron chi connectivity index (χ4n) is 2.31. The van der Waals surface area contributed by atoms with E-state index in [2.05, 4.69) is 28.3 Å². The van der Waals surface area contributed by atoms with Crippen LogP contribution < -0.4 is 11.1 Å². The van der Waals surface area contributed by atoms with Crippen LogP contribution in [0.15, 0.2) is 6.07 Å². The molecule has 3 heterocycles. The summed E-state index contributed by atoms with van der Waals surface area (Å²) in [6.07, 6.45) is 3.55. The maximum absolute atomic E-state index is 5.77. The van der Waals surface area contributed by atoms with Crippen molar-refractivity contribution in [1.29, 1.82) is 0 Å². The second kappa shape index (κ2) is 5.30. The van der Waals surface area contributed by atoms with Gasteiger partial charge in [0.05, 0.1) is 11.5 Å². The van der Waals surface area contributed by atoms with Crippen molar-refractivity contribution < 1.29 is 4.74 Å². The number of hydrogen-bond acceptors (Lipinski definition) is 6. The summed E-state index contributed by atoms with van der Waals surface area (Å²) in [6, 6.07) is 2.15. The molecule has 0 saturated carbocycles. The van der Waals surface area contributed by atoms with Gasteiger partial charge in [0.15, 0.2) is 0 Å². The number of hydrogen-bond donors (Lipinski definition) is 2. The van der Waals surface area contributed by atoms with E-state index in [0.717, 1.165) is 48.4 Å². The summed E-state index contributed by atoms with van der Waals surface area (Å²) in [5.74, 6) is 1.15. The van der Waals surface area contributed by atoms with Crippen LogP contribution in [0.1, 0.15) is 24.6 Å². The lowest BCUT2D eigenvalue weighted by Gasteiger charge is -2.12. The Balaban J connectivity index is 1.85. The second-order valence-corrected chi connectivity index (χ2v) is 5.85. The average Bonchev–Trinajstić information content (AvgIpc) is 3.04. The van der Waals surface area contributed by atoms with E-state index in [9.17, 15) is 0 Å². The molecule has 0 aliphatic carbocycles. The molecular weight excluding hydrogens is 260 g/mol. The molecule has 1 saturated heterocycles. The minimum Gasteiger partial charge on any atom is -0.376 e. The van der Waals surface area contributed by atoms with Gasteiger partial charge in [0.25, 0.3) is 0 Å². The third kappa shape index (κ3) is 2.64. The zero-order valence-corrected chi connectivity index (χ0v) is 11.8. The molecule has 2 aromatic heterocycles. The van der Waals surface area contributed by atoms with E-state index in [1.807, 2.05) is 0 Å². The van der Waals surface area contributed by atoms with E-state index in [1.165, 1.54) is 4.88 Å². The van der Waals surface area contributed by atoms with Gasteiger partial charge >= 0.3 is 0 Å². The summed E-state index contributed by atoms with van der Waals surface area (Å²) >= 11 is 1.68. The fraction of sp³-hybridized carbons (Fsp3) is 0.538. The van der Waals surface area contributed by atoms with Crippen molar-refractivity contribution in [2.75, 3.05) is 24.2 Å². The number of nitrogen functional groups attached to an aromatic ring is 1. The molecule has 1 fully saturated rings. The summed E-state index contributed by atoms with van der Waals surface area (Å²) in [4.78, 5) is 10.9. The Bertz CT molecular complexity index is 577. The number of thiophene rings is 1. The molecule has 0 radical (unpaired) electrons. The van der Waals surface area contributed by atoms with E-state index in [-0.39, 0.29) is 6.10 Å². The summed E-state index contributed by atoms with van der Waals surface area (Å²) in [5, 5.41) is 4.42. The SMILES string of the molecule is CCc1cc2c(NCC3CCCO3)nc(N)nc2s1. The molecule has 1 aliphatic heterocycles. The van der Waals surface area contributed by atoms with Crippen LogP contribution in [0.5, 0.6) is 0 Å². The molecular formula is C13H18N4OS. The molecule has 0 spiro atoms. The van der Waals surface area contributed by atoms with Gasteiger partial charge in [0.1, 0.15) is 10.6 Å². The van der Waals surface area contributed by atoms with E-state index >= 15 is 0 Å². The molecule has 0 bridgehead atoms. The predicted octanol–water partition coefficient (Wildman–Crippen LogP) is 2.43. The molecule has 3 N–H and O–H groups in total. The highest BCUT2D eigenvalue weighted by Crippen LogP contribution is 2.30. The summed E-state index contributed by atoms with van der Waals surface area (Å²) < 4.78 is 5.61. The van der Waals surface area contributed by atoms with Gasteiger partial charge in [-0.05, 0) is 25.3 Å². The number of nitrogens with zero attached hydrogens (tertiary/aromatic N) is 2. The smallest absolute Gasteiger partial charge is 0.223 e. The van der Waals surface area contributed by atoms with Crippen LogP contribution >= 0.6 is 11.3 Å². The molecule has 1 unspecified atom stereocenters. The van der Waals surface area contributed by atoms with Gasteiger partial charge < -0.3 is 15.8 Å². The predicted molar refractivity (Wildman–Crippen MR) is 78.7 cm³/mol. The Morgan fingerprint density at radius 3 is 3.16 bits per heavy atom. The zero-order chi connectivity index (χ0) is 13.2. The lowest BCUT2D eigenvalue weighted by Crippen LogP contribution is -2.19. The van der Waals surface area contributed by atoms with Crippen molar-refractivity contribution in [3.63, 3.8) is 0 Å². The number of anilines is 2. The molecule has 1 atom stereocenters. The monoisotopic (exact) mass is 278 g/mol. The first-order valence-electron chi connectivity index (χ1n) is 6.67. The van der Waals surface area contributed by atoms with Gasteiger partial charge in [0, 0.05) is 18.0 Å². The number of nitrogens with one attached hydrogen (secondary N) is 1. The standard InChI is InChI=1S/C13H18N4OS/c1-2-9-6-10-11(15-7-8-4-3-5-18-8)16-13(14)17-12(10)19-9/h6,8H,2-5,7H2,1H3,(H3,14,15,16,17). The Morgan fingerprint density at radius 1 is 1.53 bits per heavy atom. The van der Waals surface area contributed by atoms with E-state index in [0.29, 0.717) is 5.95 Å². The highest BCUT2D eigenvalue weighted by atomic mass is 32.1. The molecule has 1 aliphatic rings. The Kier molecular flexibility index (Phi) is 3.52. The third-order valence-electron chi connectivity index (χ3n) is 3.33. The Labute approximate surface area is 116 Å². The van der Waals surface area contributed by atoms with E-state index < -0.39 is 0 Å². The van der Waals surface area contributed by atoms with Crippen LogP contribution in [0.3, 0.4) is 0 Å². The van der Waals surface area contributed by atoms with Crippen molar-refractivity contribution in [3.8, 4) is 0 Å². The van der Waals surface area contributed by atoms with Crippen LogP contribution in [0.25, 0.3) is 10.2 Å². The highest BCUT2D eigenvalue weighted by Gasteiger charge is 2.16. The summed E-state index contributed by atoms with van der Waals surface area (Å²) in [7, 11) is 0. The molecule has 6 heteroatoms. The second-order valence-electron chi connectivity index (χ2n) is 4.73. The number of ether oxygens (including phenoxy) is 1. The molecule has 0 aromatic carbocycles. The van der Waals surface area contributed by atoms with E-state index in [1.54, 1.807) is 11.3 Å². The zero-order valence-electron chi connectivity index (χ0n) is 11.0. The van der Waals surface area contributed by atoms with Crippen LogP contribution in [0.2, 0.25) is 0 Å². The van der Waals surface area contributed by atoms with Gasteiger partial charge in [-0.15, -0.1) is 11.3 Å². The highest BCUT2D eigenvalue weighted by molar-refractivity contribution is 7.18. The van der Waals surface area contributed by atoms with Crippen molar-refractivity contribution in [3.05, 3.63) is 10.9 Å². The van der Waals surface area contributed by atoms with Gasteiger partial charge in [-0.1, -0.05) is 6.92 Å². The fourth-order valence-corrected chi connectivity index (χ4v) is 3.29. The topological polar surface area (TPSA) is 73.1 Å². The van der Waals surface area contributed by atoms with Crippen LogP contribution in [0.4, 0.5) is 11.8 Å². The molecule has 19 heavy (non-hydrogen) atoms. The van der Waals surface area contributed by atoms with Gasteiger partial charge in [0.2, 0.25) is 5.95 Å². The molecule has 0 amide bonds. The van der Waals surface area contributed by atoms with Gasteiger partial charge in [-0.25, -0.2) is 4.98 Å². The minimum absolute atomic E-state index is 0.288. The van der Waals surface area contributed by atoms with Crippen molar-refractivity contribution in [2.45, 2.75) is 32.3 Å². The first kappa shape index (κ1) is 12.6. The third-order valence-corrected chi connectivity index (χ3v) is 4.50. The summed E-state index contributed by atoms with van der Waals surface area (Å²) in [6.45, 7) is 3.79. The minimum atomic E-state index is 0.288. The van der Waals surface area contributed by atoms with Crippen LogP contribution in [-0.2, 0) is 11.2 Å². The van der Waals surface area contributed by atoms with Crippen LogP contribution in [0, 0.1) is 0 Å². The Morgan fingerprint density at radius 2 is 2.42 bits per heavy atom. The molecule has 5 nitrogen and oxygen atoms in total. The normalized spacial score (nSPS) is 19.1. The average molecular weight is 278 g/mol. The summed E-state index contributed by atoms with van der Waals surface area (Å²) in [5.41, 5.74) is 5.77. The largest absolute Gasteiger partial charge is 0.376 e. The lowest BCUT2D eigenvalue weighted by atomic mass is 10.2. The number of aryl methyl sites for hydroxylation is 1. The van der Waals surface area contributed by atoms with Crippen molar-refractivity contribution >= 4 is 33.3 Å². The number of fused-ring (bicyclic) bond motifs is 1. The molecule has 102 valence electrons. The Hall–Kier alpha value is -1.40. The molecule has 3 rings (SSSR count). The van der Waals surface area contributed by atoms with Crippen LogP contribution in [-0.4, -0.2) is 29.2 Å². The lowest BCUT2D eigenvalue weighted by molar-refractivity contribution is 0.120. The van der Waals surface area contributed by atoms with Crippen molar-refractivity contribution in [2.24, 2.45) is 0 Å². The number of nitrogens with two attached hydrogens (primary N) is 1. The quantitative estimate of drug-likeness (QED) is 0.898. The first-order chi connectivity index (χ1) is 9.26. The van der Waals surface area contributed by atoms with Gasteiger partial charge in [-0.2, -0.15) is 4.98 Å². The molecule has 2 aromatic rings. The first-order valence-corrected chi connectivity index (χ1v) is 7.49. The number of aromatic nitrogens is 2. The maximum Gasteiger partial charge on any atom is 0.223 e. The van der Waals surface area contributed by atoms with Gasteiger partial charge in [-0.3, -0.25) is 0 Å². The van der Waals surface area contributed by atoms with E-state index in [4.69, 9.17) is 10.5 Å². The number of rotatable bonds is 4. The maximum atomic E-state index is 5.77. The van der Waals surface area contributed by atoms with Crippen molar-refractivity contribution in [1.82, 2.24) is 9.97 Å².